The fraction of sp³-hybridized carbons (Fsp3) is 0.308. The van der Waals surface area contributed by atoms with Crippen LogP contribution in [0.2, 0.25) is 0 Å². The van der Waals surface area contributed by atoms with E-state index in [1.54, 1.807) is 11.8 Å². The highest BCUT2D eigenvalue weighted by Crippen LogP contribution is 2.22. The summed E-state index contributed by atoms with van der Waals surface area (Å²) in [6.07, 6.45) is 0. The minimum atomic E-state index is 0.192. The van der Waals surface area contributed by atoms with Crippen LogP contribution in [0.1, 0.15) is 18.5 Å². The fourth-order valence-corrected chi connectivity index (χ4v) is 2.03. The molecule has 18 heavy (non-hydrogen) atoms. The van der Waals surface area contributed by atoms with E-state index in [0.717, 1.165) is 16.2 Å². The number of rotatable bonds is 4. The van der Waals surface area contributed by atoms with Gasteiger partial charge in [0.1, 0.15) is 0 Å². The van der Waals surface area contributed by atoms with Gasteiger partial charge in [0.05, 0.1) is 13.2 Å². The van der Waals surface area contributed by atoms with Crippen molar-refractivity contribution in [3.05, 3.63) is 40.4 Å². The average molecular weight is 310 g/mol. The van der Waals surface area contributed by atoms with Gasteiger partial charge in [0.2, 0.25) is 5.88 Å². The largest absolute Gasteiger partial charge is 0.481 e. The van der Waals surface area contributed by atoms with Gasteiger partial charge in [0, 0.05) is 17.6 Å². The van der Waals surface area contributed by atoms with Gasteiger partial charge in [-0.2, -0.15) is 5.10 Å². The third-order valence-corrected chi connectivity index (χ3v) is 3.31. The molecule has 1 heterocycles. The van der Waals surface area contributed by atoms with Crippen LogP contribution >= 0.6 is 15.9 Å². The van der Waals surface area contributed by atoms with Crippen LogP contribution in [-0.4, -0.2) is 16.9 Å². The first-order valence-corrected chi connectivity index (χ1v) is 6.49. The summed E-state index contributed by atoms with van der Waals surface area (Å²) in [5.41, 5.74) is 1.21. The van der Waals surface area contributed by atoms with E-state index < -0.39 is 0 Å². The molecule has 0 spiro atoms. The topological polar surface area (TPSA) is 39.1 Å². The maximum Gasteiger partial charge on any atom is 0.213 e. The Morgan fingerprint density at radius 3 is 2.56 bits per heavy atom. The molecule has 4 nitrogen and oxygen atoms in total. The Labute approximate surface area is 115 Å². The molecule has 1 N–H and O–H groups in total. The van der Waals surface area contributed by atoms with Crippen molar-refractivity contribution in [2.45, 2.75) is 13.0 Å². The van der Waals surface area contributed by atoms with Crippen molar-refractivity contribution >= 4 is 21.7 Å². The Hall–Kier alpha value is -1.49. The molecular formula is C13H16BrN3O. The van der Waals surface area contributed by atoms with Gasteiger partial charge in [-0.15, -0.1) is 0 Å². The molecule has 0 saturated carbocycles. The van der Waals surface area contributed by atoms with Crippen molar-refractivity contribution in [2.75, 3.05) is 12.4 Å². The third-order valence-electron chi connectivity index (χ3n) is 2.78. The number of aryl methyl sites for hydroxylation is 1. The number of hydrogen-bond acceptors (Lipinski definition) is 3. The smallest absolute Gasteiger partial charge is 0.213 e. The Balaban J connectivity index is 2.10. The van der Waals surface area contributed by atoms with Crippen molar-refractivity contribution in [1.29, 1.82) is 0 Å². The number of ether oxygens (including phenoxy) is 1. The summed E-state index contributed by atoms with van der Waals surface area (Å²) in [5.74, 6) is 1.55. The zero-order valence-corrected chi connectivity index (χ0v) is 12.2. The Morgan fingerprint density at radius 2 is 2.00 bits per heavy atom. The van der Waals surface area contributed by atoms with Crippen molar-refractivity contribution in [1.82, 2.24) is 9.78 Å². The lowest BCUT2D eigenvalue weighted by Gasteiger charge is -2.13. The lowest BCUT2D eigenvalue weighted by atomic mass is 10.1. The van der Waals surface area contributed by atoms with Crippen LogP contribution in [0.5, 0.6) is 5.88 Å². The van der Waals surface area contributed by atoms with Crippen LogP contribution in [-0.2, 0) is 7.05 Å². The van der Waals surface area contributed by atoms with E-state index in [4.69, 9.17) is 4.74 Å². The van der Waals surface area contributed by atoms with E-state index >= 15 is 0 Å². The lowest BCUT2D eigenvalue weighted by molar-refractivity contribution is 0.373. The minimum absolute atomic E-state index is 0.192. The predicted molar refractivity (Wildman–Crippen MR) is 75.9 cm³/mol. The number of aromatic nitrogens is 2. The van der Waals surface area contributed by atoms with Gasteiger partial charge in [-0.1, -0.05) is 28.1 Å². The van der Waals surface area contributed by atoms with Gasteiger partial charge < -0.3 is 10.1 Å². The zero-order valence-electron chi connectivity index (χ0n) is 10.6. The molecular weight excluding hydrogens is 294 g/mol. The molecule has 1 aromatic carbocycles. The molecule has 2 aromatic rings. The molecule has 0 fully saturated rings. The SMILES string of the molecule is COc1cc(NC(C)c2ccc(Br)cc2)nn1C. The maximum atomic E-state index is 5.18. The normalized spacial score (nSPS) is 12.2. The Kier molecular flexibility index (Phi) is 3.91. The second-order valence-corrected chi connectivity index (χ2v) is 5.03. The second-order valence-electron chi connectivity index (χ2n) is 4.11. The Bertz CT molecular complexity index is 522. The molecule has 0 saturated heterocycles. The second kappa shape index (κ2) is 5.44. The van der Waals surface area contributed by atoms with Crippen LogP contribution in [0.4, 0.5) is 5.82 Å². The molecule has 0 aliphatic rings. The number of hydrogen-bond donors (Lipinski definition) is 1. The number of nitrogens with one attached hydrogen (secondary N) is 1. The van der Waals surface area contributed by atoms with E-state index in [2.05, 4.69) is 45.4 Å². The van der Waals surface area contributed by atoms with Crippen molar-refractivity contribution in [2.24, 2.45) is 7.05 Å². The van der Waals surface area contributed by atoms with Gasteiger partial charge in [-0.25, -0.2) is 4.68 Å². The molecule has 1 unspecified atom stereocenters. The summed E-state index contributed by atoms with van der Waals surface area (Å²) < 4.78 is 7.97. The fourth-order valence-electron chi connectivity index (χ4n) is 1.77. The predicted octanol–water partition coefficient (Wildman–Crippen LogP) is 3.36. The summed E-state index contributed by atoms with van der Waals surface area (Å²) in [7, 11) is 3.49. The standard InChI is InChI=1S/C13H16BrN3O/c1-9(10-4-6-11(14)7-5-10)15-12-8-13(18-3)17(2)16-12/h4-9H,1-3H3,(H,15,16). The Morgan fingerprint density at radius 1 is 1.33 bits per heavy atom. The first kappa shape index (κ1) is 13.0. The molecule has 1 aromatic heterocycles. The van der Waals surface area contributed by atoms with Crippen molar-refractivity contribution in [3.63, 3.8) is 0 Å². The molecule has 0 radical (unpaired) electrons. The highest BCUT2D eigenvalue weighted by atomic mass is 79.9. The number of methoxy groups -OCH3 is 1. The van der Waals surface area contributed by atoms with E-state index in [1.165, 1.54) is 5.56 Å². The summed E-state index contributed by atoms with van der Waals surface area (Å²) in [5, 5.41) is 7.68. The van der Waals surface area contributed by atoms with E-state index in [9.17, 15) is 0 Å². The molecule has 5 heteroatoms. The van der Waals surface area contributed by atoms with Crippen LogP contribution < -0.4 is 10.1 Å². The molecule has 0 aliphatic carbocycles. The third kappa shape index (κ3) is 2.85. The van der Waals surface area contributed by atoms with Gasteiger partial charge >= 0.3 is 0 Å². The van der Waals surface area contributed by atoms with Crippen LogP contribution in [0.15, 0.2) is 34.8 Å². The van der Waals surface area contributed by atoms with Gasteiger partial charge in [-0.3, -0.25) is 0 Å². The highest BCUT2D eigenvalue weighted by molar-refractivity contribution is 9.10. The summed E-state index contributed by atoms with van der Waals surface area (Å²) in [4.78, 5) is 0. The summed E-state index contributed by atoms with van der Waals surface area (Å²) >= 11 is 3.43. The van der Waals surface area contributed by atoms with Crippen LogP contribution in [0.3, 0.4) is 0 Å². The van der Waals surface area contributed by atoms with E-state index in [-0.39, 0.29) is 6.04 Å². The molecule has 1 atom stereocenters. The van der Waals surface area contributed by atoms with Crippen molar-refractivity contribution < 1.29 is 4.74 Å². The number of anilines is 1. The van der Waals surface area contributed by atoms with Crippen LogP contribution in [0.25, 0.3) is 0 Å². The van der Waals surface area contributed by atoms with E-state index in [1.807, 2.05) is 25.2 Å². The minimum Gasteiger partial charge on any atom is -0.481 e. The number of halogens is 1. The van der Waals surface area contributed by atoms with E-state index in [0.29, 0.717) is 0 Å². The average Bonchev–Trinajstić information content (AvgIpc) is 2.70. The number of nitrogens with zero attached hydrogens (tertiary/aromatic N) is 2. The first-order chi connectivity index (χ1) is 8.60. The molecule has 2 rings (SSSR count). The number of benzene rings is 1. The molecule has 0 bridgehead atoms. The van der Waals surface area contributed by atoms with Gasteiger partial charge in [-0.05, 0) is 24.6 Å². The maximum absolute atomic E-state index is 5.18. The zero-order chi connectivity index (χ0) is 13.1. The summed E-state index contributed by atoms with van der Waals surface area (Å²) in [6, 6.07) is 10.3. The molecule has 0 aliphatic heterocycles. The monoisotopic (exact) mass is 309 g/mol. The first-order valence-electron chi connectivity index (χ1n) is 5.70. The lowest BCUT2D eigenvalue weighted by Crippen LogP contribution is -2.07. The van der Waals surface area contributed by atoms with Gasteiger partial charge in [0.25, 0.3) is 0 Å². The van der Waals surface area contributed by atoms with Gasteiger partial charge in [0.15, 0.2) is 5.82 Å². The van der Waals surface area contributed by atoms with Crippen molar-refractivity contribution in [3.8, 4) is 5.88 Å². The molecule has 0 amide bonds. The summed E-state index contributed by atoms with van der Waals surface area (Å²) in [6.45, 7) is 2.10. The van der Waals surface area contributed by atoms with Crippen LogP contribution in [0, 0.1) is 0 Å². The quantitative estimate of drug-likeness (QED) is 0.941. The highest BCUT2D eigenvalue weighted by Gasteiger charge is 2.09. The molecule has 96 valence electrons.